The van der Waals surface area contributed by atoms with Gasteiger partial charge >= 0.3 is 6.18 Å². The molecule has 0 bridgehead atoms. The molecular formula is C31H31Cl2F4N3O5. The number of pyridine rings is 1. The molecule has 14 heteroatoms. The number of fused-ring (bicyclic) bond motifs is 1. The van der Waals surface area contributed by atoms with Gasteiger partial charge in [-0.3, -0.25) is 4.79 Å². The van der Waals surface area contributed by atoms with Gasteiger partial charge in [0.15, 0.2) is 17.2 Å². The molecule has 1 amide bonds. The van der Waals surface area contributed by atoms with E-state index >= 15 is 0 Å². The Kier molecular flexibility index (Phi) is 9.42. The van der Waals surface area contributed by atoms with Gasteiger partial charge in [-0.05, 0) is 61.7 Å². The van der Waals surface area contributed by atoms with Crippen molar-refractivity contribution >= 4 is 29.6 Å². The van der Waals surface area contributed by atoms with Crippen LogP contribution >= 0.6 is 23.2 Å². The smallest absolute Gasteiger partial charge is 0.424 e. The number of halogens is 6. The molecule has 0 spiro atoms. The van der Waals surface area contributed by atoms with Crippen LogP contribution in [0.4, 0.5) is 17.6 Å². The van der Waals surface area contributed by atoms with Gasteiger partial charge in [-0.25, -0.2) is 9.37 Å². The van der Waals surface area contributed by atoms with Crippen molar-refractivity contribution in [1.29, 1.82) is 0 Å². The van der Waals surface area contributed by atoms with Crippen molar-refractivity contribution in [2.24, 2.45) is 0 Å². The lowest BCUT2D eigenvalue weighted by molar-refractivity contribution is -0.272. The van der Waals surface area contributed by atoms with E-state index in [4.69, 9.17) is 37.4 Å². The standard InChI is InChI=1S/C31H31Cl2F4N3O5/c1-29(38-10-9-32)16-44-28-21(29)13-26(39-27(28)19-4-7-23(34)22(33)12-19)30(42,31(35,36)37)15-40(17-41)14-18-3-8-24(25(11-18)43-2)45-20-5-6-20/h3-4,7-8,11-13,17,20,38,42H,5-6,9-10,14-16H2,1-2H3. The molecule has 1 fully saturated rings. The van der Waals surface area contributed by atoms with Crippen molar-refractivity contribution in [3.63, 3.8) is 0 Å². The maximum absolute atomic E-state index is 14.9. The zero-order valence-electron chi connectivity index (χ0n) is 24.4. The van der Waals surface area contributed by atoms with Gasteiger partial charge in [-0.1, -0.05) is 17.7 Å². The highest BCUT2D eigenvalue weighted by molar-refractivity contribution is 6.31. The molecule has 2 aromatic carbocycles. The number of nitrogens with zero attached hydrogens (tertiary/aromatic N) is 2. The van der Waals surface area contributed by atoms with Crippen molar-refractivity contribution in [3.05, 3.63) is 70.1 Å². The summed E-state index contributed by atoms with van der Waals surface area (Å²) >= 11 is 11.9. The van der Waals surface area contributed by atoms with Crippen molar-refractivity contribution in [1.82, 2.24) is 15.2 Å². The fourth-order valence-corrected chi connectivity index (χ4v) is 5.43. The summed E-state index contributed by atoms with van der Waals surface area (Å²) < 4.78 is 75.9. The number of ether oxygens (including phenoxy) is 3. The number of aliphatic hydroxyl groups is 1. The zero-order chi connectivity index (χ0) is 32.6. The normalized spacial score (nSPS) is 19.0. The molecule has 2 aliphatic rings. The van der Waals surface area contributed by atoms with Gasteiger partial charge < -0.3 is 29.5 Å². The van der Waals surface area contributed by atoms with Crippen LogP contribution in [0.1, 0.15) is 36.6 Å². The SMILES string of the molecule is COc1cc(CN(C=O)CC(O)(c2cc3c(c(-c4ccc(F)c(Cl)c4)n2)OCC3(C)NCCCl)C(F)(F)F)ccc1OC1CC1. The first-order chi connectivity index (χ1) is 21.3. The number of carbonyl (C=O) groups is 1. The van der Waals surface area contributed by atoms with Crippen LogP contribution in [0.15, 0.2) is 42.5 Å². The number of hydrogen-bond donors (Lipinski definition) is 2. The second-order valence-electron chi connectivity index (χ2n) is 11.3. The molecule has 1 aromatic heterocycles. The van der Waals surface area contributed by atoms with E-state index in [9.17, 15) is 27.5 Å². The molecule has 45 heavy (non-hydrogen) atoms. The first kappa shape index (κ1) is 33.1. The summed E-state index contributed by atoms with van der Waals surface area (Å²) in [6.07, 6.45) is -3.14. The largest absolute Gasteiger partial charge is 0.493 e. The lowest BCUT2D eigenvalue weighted by atomic mass is 9.88. The molecule has 1 aliphatic carbocycles. The quantitative estimate of drug-likeness (QED) is 0.132. The molecule has 3 aromatic rings. The highest BCUT2D eigenvalue weighted by Crippen LogP contribution is 2.47. The molecule has 1 saturated carbocycles. The van der Waals surface area contributed by atoms with Gasteiger partial charge in [0.25, 0.3) is 0 Å². The Morgan fingerprint density at radius 1 is 1.20 bits per heavy atom. The minimum absolute atomic E-state index is 0.0134. The maximum Gasteiger partial charge on any atom is 0.424 e. The summed E-state index contributed by atoms with van der Waals surface area (Å²) in [6.45, 7) is 0.549. The number of methoxy groups -OCH3 is 1. The molecule has 242 valence electrons. The first-order valence-corrected chi connectivity index (χ1v) is 15.0. The molecule has 0 radical (unpaired) electrons. The molecule has 1 aliphatic heterocycles. The van der Waals surface area contributed by atoms with Gasteiger partial charge in [0.1, 0.15) is 18.1 Å². The minimum Gasteiger partial charge on any atom is -0.493 e. The number of hydrogen-bond acceptors (Lipinski definition) is 7. The van der Waals surface area contributed by atoms with Crippen molar-refractivity contribution in [2.75, 3.05) is 32.7 Å². The topological polar surface area (TPSA) is 93.2 Å². The first-order valence-electron chi connectivity index (χ1n) is 14.1. The minimum atomic E-state index is -5.29. The zero-order valence-corrected chi connectivity index (χ0v) is 25.9. The van der Waals surface area contributed by atoms with E-state index in [-0.39, 0.29) is 59.1 Å². The highest BCUT2D eigenvalue weighted by Gasteiger charge is 2.58. The van der Waals surface area contributed by atoms with Crippen LogP contribution in [0.3, 0.4) is 0 Å². The molecular weight excluding hydrogens is 641 g/mol. The van der Waals surface area contributed by atoms with E-state index in [1.807, 2.05) is 0 Å². The summed E-state index contributed by atoms with van der Waals surface area (Å²) in [6, 6.07) is 9.48. The summed E-state index contributed by atoms with van der Waals surface area (Å²) in [5.41, 5.74) is -4.64. The predicted octanol–water partition coefficient (Wildman–Crippen LogP) is 5.94. The summed E-state index contributed by atoms with van der Waals surface area (Å²) in [4.78, 5) is 17.2. The van der Waals surface area contributed by atoms with Crippen LogP contribution in [0.25, 0.3) is 11.3 Å². The Labute approximate surface area is 267 Å². The van der Waals surface area contributed by atoms with Crippen LogP contribution < -0.4 is 19.5 Å². The molecule has 2 atom stereocenters. The Hall–Kier alpha value is -3.32. The molecule has 2 unspecified atom stereocenters. The summed E-state index contributed by atoms with van der Waals surface area (Å²) in [5.74, 6) is 0.464. The second-order valence-corrected chi connectivity index (χ2v) is 12.1. The molecule has 5 rings (SSSR count). The van der Waals surface area contributed by atoms with Gasteiger partial charge in [0, 0.05) is 30.1 Å². The molecule has 8 nitrogen and oxygen atoms in total. The fraction of sp³-hybridized carbons (Fsp3) is 0.419. The average molecular weight is 673 g/mol. The van der Waals surface area contributed by atoms with E-state index in [0.29, 0.717) is 23.6 Å². The van der Waals surface area contributed by atoms with Crippen LogP contribution in [0.2, 0.25) is 5.02 Å². The summed E-state index contributed by atoms with van der Waals surface area (Å²) in [7, 11) is 1.43. The third-order valence-electron chi connectivity index (χ3n) is 7.78. The number of alkyl halides is 4. The van der Waals surface area contributed by atoms with E-state index < -0.39 is 35.4 Å². The van der Waals surface area contributed by atoms with Crippen molar-refractivity contribution in [3.8, 4) is 28.5 Å². The van der Waals surface area contributed by atoms with Crippen LogP contribution in [-0.4, -0.2) is 66.4 Å². The van der Waals surface area contributed by atoms with Crippen LogP contribution in [0.5, 0.6) is 17.2 Å². The monoisotopic (exact) mass is 671 g/mol. The Morgan fingerprint density at radius 2 is 1.96 bits per heavy atom. The number of aromatic nitrogens is 1. The number of benzene rings is 2. The van der Waals surface area contributed by atoms with Crippen LogP contribution in [0, 0.1) is 5.82 Å². The Balaban J connectivity index is 1.56. The Bertz CT molecular complexity index is 1570. The van der Waals surface area contributed by atoms with E-state index in [1.165, 1.54) is 19.2 Å². The number of rotatable bonds is 13. The third kappa shape index (κ3) is 6.79. The van der Waals surface area contributed by atoms with E-state index in [1.54, 1.807) is 25.1 Å². The Morgan fingerprint density at radius 3 is 2.58 bits per heavy atom. The fourth-order valence-electron chi connectivity index (χ4n) is 5.15. The molecule has 0 saturated heterocycles. The lowest BCUT2D eigenvalue weighted by Gasteiger charge is -2.35. The van der Waals surface area contributed by atoms with Crippen molar-refractivity contribution in [2.45, 2.75) is 49.7 Å². The number of nitrogens with one attached hydrogen (secondary N) is 1. The lowest BCUT2D eigenvalue weighted by Crippen LogP contribution is -2.51. The maximum atomic E-state index is 14.9. The predicted molar refractivity (Wildman–Crippen MR) is 159 cm³/mol. The molecule has 2 heterocycles. The average Bonchev–Trinajstić information content (AvgIpc) is 3.77. The van der Waals surface area contributed by atoms with Gasteiger partial charge in [0.05, 0.1) is 36.0 Å². The van der Waals surface area contributed by atoms with Crippen molar-refractivity contribution < 1.29 is 41.7 Å². The van der Waals surface area contributed by atoms with Gasteiger partial charge in [0.2, 0.25) is 12.0 Å². The van der Waals surface area contributed by atoms with Gasteiger partial charge in [-0.2, -0.15) is 13.2 Å². The number of amides is 1. The van der Waals surface area contributed by atoms with E-state index in [0.717, 1.165) is 29.9 Å². The number of carbonyl (C=O) groups excluding carboxylic acids is 1. The van der Waals surface area contributed by atoms with Gasteiger partial charge in [-0.15, -0.1) is 11.6 Å². The van der Waals surface area contributed by atoms with E-state index in [2.05, 4.69) is 10.3 Å². The second kappa shape index (κ2) is 12.8. The third-order valence-corrected chi connectivity index (χ3v) is 8.26. The summed E-state index contributed by atoms with van der Waals surface area (Å²) in [5, 5.41) is 14.4. The highest BCUT2D eigenvalue weighted by atomic mass is 35.5. The van der Waals surface area contributed by atoms with Crippen LogP contribution in [-0.2, 0) is 22.5 Å². The molecule has 2 N–H and O–H groups in total.